The van der Waals surface area contributed by atoms with Crippen molar-refractivity contribution in [2.45, 2.75) is 0 Å². The number of amides is 2. The van der Waals surface area contributed by atoms with Crippen molar-refractivity contribution in [2.24, 2.45) is 0 Å². The van der Waals surface area contributed by atoms with Gasteiger partial charge in [0.05, 0.1) is 36.3 Å². The maximum atomic E-state index is 12.7. The van der Waals surface area contributed by atoms with Crippen molar-refractivity contribution >= 4 is 33.5 Å². The molecule has 2 amide bonds. The molecular formula is C17H21N3O7S. The van der Waals surface area contributed by atoms with Crippen LogP contribution in [0, 0.1) is 0 Å². The number of ether oxygens (including phenoxy) is 1. The third-order valence-corrected chi connectivity index (χ3v) is 5.84. The van der Waals surface area contributed by atoms with Crippen LogP contribution in [-0.2, 0) is 19.6 Å². The summed E-state index contributed by atoms with van der Waals surface area (Å²) in [5.74, 6) is -2.88. The topological polar surface area (TPSA) is 125 Å². The molecule has 0 spiro atoms. The number of carboxylic acid groups (broad SMARTS) is 1. The first-order valence-electron chi connectivity index (χ1n) is 8.69. The molecule has 10 nitrogen and oxygen atoms in total. The third kappa shape index (κ3) is 4.01. The summed E-state index contributed by atoms with van der Waals surface area (Å²) in [5.41, 5.74) is 0.00410. The van der Waals surface area contributed by atoms with E-state index in [1.54, 1.807) is 0 Å². The molecule has 0 aliphatic carbocycles. The molecule has 0 bridgehead atoms. The molecule has 1 fully saturated rings. The van der Waals surface area contributed by atoms with E-state index in [-0.39, 0.29) is 23.4 Å². The highest BCUT2D eigenvalue weighted by Gasteiger charge is 2.40. The van der Waals surface area contributed by atoms with Crippen LogP contribution in [0.25, 0.3) is 0 Å². The smallest absolute Gasteiger partial charge is 0.323 e. The Balaban J connectivity index is 1.94. The van der Waals surface area contributed by atoms with Gasteiger partial charge in [0.15, 0.2) is 0 Å². The largest absolute Gasteiger partial charge is 0.480 e. The van der Waals surface area contributed by atoms with Crippen molar-refractivity contribution in [3.8, 4) is 0 Å². The zero-order chi connectivity index (χ0) is 20.5. The molecule has 0 aromatic heterocycles. The monoisotopic (exact) mass is 411 g/mol. The molecule has 3 rings (SSSR count). The fourth-order valence-electron chi connectivity index (χ4n) is 3.32. The zero-order valence-corrected chi connectivity index (χ0v) is 16.1. The Morgan fingerprint density at radius 3 is 2.50 bits per heavy atom. The van der Waals surface area contributed by atoms with Gasteiger partial charge in [0.1, 0.15) is 6.54 Å². The van der Waals surface area contributed by atoms with Crippen LogP contribution in [0.5, 0.6) is 0 Å². The van der Waals surface area contributed by atoms with Gasteiger partial charge in [-0.2, -0.15) is 0 Å². The summed E-state index contributed by atoms with van der Waals surface area (Å²) in [5, 5.41) is 8.96. The first-order valence-corrected chi connectivity index (χ1v) is 10.5. The van der Waals surface area contributed by atoms with Gasteiger partial charge in [0.2, 0.25) is 10.0 Å². The molecule has 2 aliphatic rings. The molecule has 1 aromatic rings. The standard InChI is InChI=1S/C17H21N3O7S/c1-28(25,26)20(6-5-18-7-9-27-10-8-18)13-4-2-3-12-15(13)17(24)19(16(12)23)11-14(21)22/h2-4H,5-11H2,1H3,(H,21,22). The summed E-state index contributed by atoms with van der Waals surface area (Å²) >= 11 is 0. The quantitative estimate of drug-likeness (QED) is 0.594. The molecule has 0 radical (unpaired) electrons. The summed E-state index contributed by atoms with van der Waals surface area (Å²) in [6.45, 7) is 2.23. The number of carbonyl (C=O) groups excluding carboxylic acids is 2. The minimum atomic E-state index is -3.74. The molecule has 1 saturated heterocycles. The molecule has 11 heteroatoms. The van der Waals surface area contributed by atoms with Gasteiger partial charge in [-0.05, 0) is 12.1 Å². The predicted octanol–water partition coefficient (Wildman–Crippen LogP) is -0.535. The predicted molar refractivity (Wildman–Crippen MR) is 98.9 cm³/mol. The molecule has 2 heterocycles. The zero-order valence-electron chi connectivity index (χ0n) is 15.3. The van der Waals surface area contributed by atoms with Crippen molar-refractivity contribution in [1.29, 1.82) is 0 Å². The summed E-state index contributed by atoms with van der Waals surface area (Å²) in [4.78, 5) is 38.8. The Labute approximate surface area is 162 Å². The third-order valence-electron chi connectivity index (χ3n) is 4.66. The molecular weight excluding hydrogens is 390 g/mol. The van der Waals surface area contributed by atoms with Crippen LogP contribution in [0.3, 0.4) is 0 Å². The van der Waals surface area contributed by atoms with Gasteiger partial charge in [-0.1, -0.05) is 6.07 Å². The lowest BCUT2D eigenvalue weighted by Crippen LogP contribution is -2.43. The summed E-state index contributed by atoms with van der Waals surface area (Å²) in [7, 11) is -3.74. The SMILES string of the molecule is CS(=O)(=O)N(CCN1CCOCC1)c1cccc2c1C(=O)N(CC(=O)O)C2=O. The maximum Gasteiger partial charge on any atom is 0.323 e. The van der Waals surface area contributed by atoms with E-state index in [4.69, 9.17) is 9.84 Å². The number of anilines is 1. The van der Waals surface area contributed by atoms with Crippen LogP contribution in [0.15, 0.2) is 18.2 Å². The van der Waals surface area contributed by atoms with E-state index in [1.165, 1.54) is 18.2 Å². The van der Waals surface area contributed by atoms with Crippen LogP contribution in [-0.4, -0.2) is 93.3 Å². The number of carbonyl (C=O) groups is 3. The van der Waals surface area contributed by atoms with Crippen LogP contribution < -0.4 is 4.31 Å². The lowest BCUT2D eigenvalue weighted by molar-refractivity contribution is -0.137. The van der Waals surface area contributed by atoms with E-state index >= 15 is 0 Å². The van der Waals surface area contributed by atoms with Gasteiger partial charge in [0, 0.05) is 26.2 Å². The number of aliphatic carboxylic acids is 1. The summed E-state index contributed by atoms with van der Waals surface area (Å²) in [6, 6.07) is 4.33. The van der Waals surface area contributed by atoms with Gasteiger partial charge in [-0.3, -0.25) is 28.5 Å². The lowest BCUT2D eigenvalue weighted by atomic mass is 10.1. The Morgan fingerprint density at radius 1 is 1.21 bits per heavy atom. The van der Waals surface area contributed by atoms with E-state index in [2.05, 4.69) is 4.90 Å². The van der Waals surface area contributed by atoms with Crippen molar-refractivity contribution < 1.29 is 32.6 Å². The average Bonchev–Trinajstić information content (AvgIpc) is 2.87. The van der Waals surface area contributed by atoms with E-state index in [1.807, 2.05) is 0 Å². The number of morpholine rings is 1. The Bertz CT molecular complexity index is 909. The van der Waals surface area contributed by atoms with Gasteiger partial charge in [0.25, 0.3) is 11.8 Å². The van der Waals surface area contributed by atoms with E-state index in [9.17, 15) is 22.8 Å². The number of sulfonamides is 1. The maximum absolute atomic E-state index is 12.7. The van der Waals surface area contributed by atoms with Crippen LogP contribution in [0.2, 0.25) is 0 Å². The molecule has 2 aliphatic heterocycles. The number of nitrogens with zero attached hydrogens (tertiary/aromatic N) is 3. The highest BCUT2D eigenvalue weighted by Crippen LogP contribution is 2.32. The second-order valence-electron chi connectivity index (χ2n) is 6.58. The fraction of sp³-hybridized carbons (Fsp3) is 0.471. The van der Waals surface area contributed by atoms with Crippen molar-refractivity contribution in [3.63, 3.8) is 0 Å². The average molecular weight is 411 g/mol. The van der Waals surface area contributed by atoms with Gasteiger partial charge in [-0.25, -0.2) is 8.42 Å². The van der Waals surface area contributed by atoms with Crippen molar-refractivity contribution in [2.75, 3.05) is 56.5 Å². The second-order valence-corrected chi connectivity index (χ2v) is 8.49. The van der Waals surface area contributed by atoms with Gasteiger partial charge in [-0.15, -0.1) is 0 Å². The summed E-state index contributed by atoms with van der Waals surface area (Å²) < 4.78 is 31.2. The van der Waals surface area contributed by atoms with Gasteiger partial charge < -0.3 is 9.84 Å². The molecule has 28 heavy (non-hydrogen) atoms. The number of imide groups is 1. The Hall–Kier alpha value is -2.50. The number of carboxylic acids is 1. The molecule has 0 unspecified atom stereocenters. The molecule has 0 saturated carbocycles. The van der Waals surface area contributed by atoms with Crippen molar-refractivity contribution in [3.05, 3.63) is 29.3 Å². The normalized spacial score (nSPS) is 17.7. The van der Waals surface area contributed by atoms with Crippen LogP contribution in [0.1, 0.15) is 20.7 Å². The van der Waals surface area contributed by atoms with Crippen molar-refractivity contribution in [1.82, 2.24) is 9.80 Å². The number of benzene rings is 1. The first kappa shape index (κ1) is 20.2. The van der Waals surface area contributed by atoms with E-state index in [0.717, 1.165) is 10.6 Å². The number of rotatable bonds is 7. The lowest BCUT2D eigenvalue weighted by Gasteiger charge is -2.30. The first-order chi connectivity index (χ1) is 13.2. The molecule has 1 aromatic carbocycles. The van der Waals surface area contributed by atoms with E-state index < -0.39 is 34.4 Å². The second kappa shape index (κ2) is 7.86. The molecule has 0 atom stereocenters. The summed E-state index contributed by atoms with van der Waals surface area (Å²) in [6.07, 6.45) is 1.03. The number of hydrogen-bond donors (Lipinski definition) is 1. The number of fused-ring (bicyclic) bond motifs is 1. The minimum absolute atomic E-state index is 0.00349. The highest BCUT2D eigenvalue weighted by atomic mass is 32.2. The molecule has 1 N–H and O–H groups in total. The van der Waals surface area contributed by atoms with Crippen LogP contribution >= 0.6 is 0 Å². The fourth-order valence-corrected chi connectivity index (χ4v) is 4.25. The minimum Gasteiger partial charge on any atom is -0.480 e. The Morgan fingerprint density at radius 2 is 1.89 bits per heavy atom. The van der Waals surface area contributed by atoms with E-state index in [0.29, 0.717) is 37.7 Å². The van der Waals surface area contributed by atoms with Gasteiger partial charge >= 0.3 is 5.97 Å². The van der Waals surface area contributed by atoms with Crippen LogP contribution in [0.4, 0.5) is 5.69 Å². The number of hydrogen-bond acceptors (Lipinski definition) is 7. The highest BCUT2D eigenvalue weighted by molar-refractivity contribution is 7.92. The molecule has 152 valence electrons. The Kier molecular flexibility index (Phi) is 5.68.